The zero-order chi connectivity index (χ0) is 20.6. The smallest absolute Gasteiger partial charge is 1.00 e. The number of halogens is 2. The van der Waals surface area contributed by atoms with E-state index in [2.05, 4.69) is 81.2 Å². The Morgan fingerprint density at radius 1 is 0.935 bits per heavy atom. The molecule has 0 spiro atoms. The van der Waals surface area contributed by atoms with E-state index < -0.39 is 8.32 Å². The van der Waals surface area contributed by atoms with Crippen LogP contribution in [0.5, 0.6) is 0 Å². The first-order valence-corrected chi connectivity index (χ1v) is 14.9. The van der Waals surface area contributed by atoms with Gasteiger partial charge in [0.15, 0.2) is 0 Å². The molecule has 0 N–H and O–H groups in total. The second-order valence-corrected chi connectivity index (χ2v) is 14.2. The van der Waals surface area contributed by atoms with Gasteiger partial charge in [-0.25, -0.2) is 0 Å². The van der Waals surface area contributed by atoms with Crippen molar-refractivity contribution < 1.29 is 58.7 Å². The van der Waals surface area contributed by atoms with Crippen molar-refractivity contribution in [2.75, 3.05) is 13.2 Å². The summed E-state index contributed by atoms with van der Waals surface area (Å²) in [5.74, 6) is 0.972. The molecule has 0 unspecified atom stereocenters. The van der Waals surface area contributed by atoms with Gasteiger partial charge in [0.25, 0.3) is 0 Å². The van der Waals surface area contributed by atoms with Gasteiger partial charge in [0.05, 0.1) is 0 Å². The van der Waals surface area contributed by atoms with Crippen molar-refractivity contribution in [3.8, 4) is 0 Å². The first-order chi connectivity index (χ1) is 13.9. The monoisotopic (exact) mass is 547 g/mol. The van der Waals surface area contributed by atoms with Crippen LogP contribution >= 0.6 is 0 Å². The van der Waals surface area contributed by atoms with E-state index in [0.717, 1.165) is 12.2 Å². The van der Waals surface area contributed by atoms with Crippen LogP contribution in [0.15, 0.2) is 54.3 Å². The molecule has 2 aliphatic carbocycles. The van der Waals surface area contributed by atoms with Crippen molar-refractivity contribution in [1.82, 2.24) is 0 Å². The third kappa shape index (κ3) is 5.54. The van der Waals surface area contributed by atoms with Crippen molar-refractivity contribution in [2.45, 2.75) is 33.0 Å². The molecule has 6 heteroatoms. The predicted octanol–water partition coefficient (Wildman–Crippen LogP) is -1.66. The molecule has 0 saturated carbocycles. The topological polar surface area (TPSA) is 18.5 Å². The molecule has 0 atom stereocenters. The van der Waals surface area contributed by atoms with Crippen LogP contribution in [0.25, 0.3) is 14.9 Å². The van der Waals surface area contributed by atoms with Gasteiger partial charge in [-0.15, -0.1) is 0 Å². The Bertz CT molecular complexity index is 1240. The van der Waals surface area contributed by atoms with Crippen LogP contribution in [0.3, 0.4) is 0 Å². The summed E-state index contributed by atoms with van der Waals surface area (Å²) in [6, 6.07) is 13.3. The van der Waals surface area contributed by atoms with Gasteiger partial charge in [-0.1, -0.05) is 0 Å². The number of allylic oxidation sites excluding steroid dienone is 3. The Kier molecular flexibility index (Phi) is 9.19. The summed E-state index contributed by atoms with van der Waals surface area (Å²) >= 11 is 1.46. The molecule has 2 nitrogen and oxygen atoms in total. The van der Waals surface area contributed by atoms with Gasteiger partial charge in [0.1, 0.15) is 0 Å². The van der Waals surface area contributed by atoms with Crippen molar-refractivity contribution in [1.29, 1.82) is 0 Å². The van der Waals surface area contributed by atoms with E-state index in [1.807, 2.05) is 0 Å². The van der Waals surface area contributed by atoms with E-state index in [4.69, 9.17) is 9.16 Å². The number of ether oxygens (including phenoxy) is 1. The third-order valence-corrected chi connectivity index (χ3v) is 7.68. The van der Waals surface area contributed by atoms with E-state index in [-0.39, 0.29) is 24.8 Å². The maximum absolute atomic E-state index is 6.00. The zero-order valence-corrected chi connectivity index (χ0v) is 23.4. The standard InChI is InChI=1S/C25H27O2Si.2ClH.Zr/c1-5-18-11-13-23-22-9-7-6-8-19(22)17-24(23)25(18)20-10-12-21(16-20)26-14-15-27-28(2,3)4;;;/h5-9,11-13,16H,10,14-15H2,1-4H3;2*1H;/q;;;+2/p-2. The molecule has 31 heavy (non-hydrogen) atoms. The Morgan fingerprint density at radius 2 is 1.65 bits per heavy atom. The molecule has 2 aromatic carbocycles. The minimum absolute atomic E-state index is 0. The second kappa shape index (κ2) is 10.8. The molecule has 4 rings (SSSR count). The Labute approximate surface area is 213 Å². The molecule has 0 amide bonds. The van der Waals surface area contributed by atoms with Gasteiger partial charge in [0.2, 0.25) is 0 Å². The van der Waals surface area contributed by atoms with Gasteiger partial charge < -0.3 is 24.8 Å². The maximum Gasteiger partial charge on any atom is -1.00 e. The fourth-order valence-electron chi connectivity index (χ4n) is 4.04. The molecule has 0 fully saturated rings. The van der Waals surface area contributed by atoms with Gasteiger partial charge in [-0.2, -0.15) is 0 Å². The SMILES string of the molecule is CC=c1ccc2c(c1C1=CC(OCCO[Si](C)(C)C)=CC1)[C]([Zr+2])=c1ccccc1=2.[Cl-].[Cl-]. The molecule has 2 aromatic rings. The van der Waals surface area contributed by atoms with Crippen molar-refractivity contribution in [3.63, 3.8) is 0 Å². The van der Waals surface area contributed by atoms with E-state index >= 15 is 0 Å². The van der Waals surface area contributed by atoms with Crippen LogP contribution in [0, 0.1) is 10.4 Å². The van der Waals surface area contributed by atoms with Crippen LogP contribution in [-0.2, 0) is 33.9 Å². The van der Waals surface area contributed by atoms with Gasteiger partial charge >= 0.3 is 190 Å². The maximum atomic E-state index is 6.00. The average molecular weight is 550 g/mol. The molecular weight excluding hydrogens is 522 g/mol. The van der Waals surface area contributed by atoms with Crippen LogP contribution in [0.1, 0.15) is 24.5 Å². The number of hydrogen-bond donors (Lipinski definition) is 0. The van der Waals surface area contributed by atoms with Gasteiger partial charge in [-0.3, -0.25) is 0 Å². The van der Waals surface area contributed by atoms with Crippen molar-refractivity contribution in [3.05, 3.63) is 86.3 Å². The minimum atomic E-state index is -1.48. The summed E-state index contributed by atoms with van der Waals surface area (Å²) in [5, 5.41) is 5.43. The van der Waals surface area contributed by atoms with E-state index in [1.165, 1.54) is 65.6 Å². The normalized spacial score (nSPS) is 14.9. The van der Waals surface area contributed by atoms with Crippen LogP contribution in [-0.4, -0.2) is 21.5 Å². The molecule has 0 saturated heterocycles. The number of rotatable bonds is 6. The second-order valence-electron chi connectivity index (χ2n) is 8.45. The summed E-state index contributed by atoms with van der Waals surface area (Å²) in [5.41, 5.74) is 4.15. The van der Waals surface area contributed by atoms with E-state index in [1.54, 1.807) is 0 Å². The molecule has 0 radical (unpaired) electrons. The van der Waals surface area contributed by atoms with Gasteiger partial charge in [0, 0.05) is 0 Å². The largest absolute Gasteiger partial charge is 1.00 e. The van der Waals surface area contributed by atoms with E-state index in [0.29, 0.717) is 13.2 Å². The summed E-state index contributed by atoms with van der Waals surface area (Å²) in [6.45, 7) is 10.0. The number of benzene rings is 2. The third-order valence-electron chi connectivity index (χ3n) is 5.33. The first-order valence-electron chi connectivity index (χ1n) is 10.2. The fourth-order valence-corrected chi connectivity index (χ4v) is 5.91. The van der Waals surface area contributed by atoms with Crippen LogP contribution in [0.4, 0.5) is 0 Å². The summed E-state index contributed by atoms with van der Waals surface area (Å²) in [7, 11) is -1.48. The summed E-state index contributed by atoms with van der Waals surface area (Å²) in [4.78, 5) is 0. The molecular formula is C25H27Cl2O2SiZr. The van der Waals surface area contributed by atoms with E-state index in [9.17, 15) is 0 Å². The van der Waals surface area contributed by atoms with Gasteiger partial charge in [-0.05, 0) is 0 Å². The molecule has 0 heterocycles. The van der Waals surface area contributed by atoms with Crippen molar-refractivity contribution >= 4 is 23.2 Å². The number of fused-ring (bicyclic) bond motifs is 2. The summed E-state index contributed by atoms with van der Waals surface area (Å²) < 4.78 is 13.4. The Morgan fingerprint density at radius 3 is 2.32 bits per heavy atom. The van der Waals surface area contributed by atoms with Crippen LogP contribution < -0.4 is 35.3 Å². The van der Waals surface area contributed by atoms with Crippen molar-refractivity contribution in [2.24, 2.45) is 0 Å². The molecule has 0 aromatic heterocycles. The molecule has 2 aliphatic rings. The molecule has 0 aliphatic heterocycles. The zero-order valence-electron chi connectivity index (χ0n) is 18.4. The number of hydrogen-bond acceptors (Lipinski definition) is 2. The van der Waals surface area contributed by atoms with Crippen LogP contribution in [0.2, 0.25) is 19.6 Å². The average Bonchev–Trinajstić information content (AvgIpc) is 3.28. The Balaban J connectivity index is 0.00000171. The summed E-state index contributed by atoms with van der Waals surface area (Å²) in [6.07, 6.45) is 7.57. The quantitative estimate of drug-likeness (QED) is 0.317. The minimum Gasteiger partial charge on any atom is -1.00 e. The first kappa shape index (κ1) is 26.4. The fraction of sp³-hybridized carbons (Fsp3) is 0.280. The molecule has 0 bridgehead atoms. The predicted molar refractivity (Wildman–Crippen MR) is 118 cm³/mol. The molecule has 161 valence electrons. The Hall–Kier alpha value is -0.900.